The molecule has 0 spiro atoms. The molecule has 1 fully saturated rings. The highest BCUT2D eigenvalue weighted by Gasteiger charge is 2.27. The van der Waals surface area contributed by atoms with E-state index in [0.29, 0.717) is 37.4 Å². The van der Waals surface area contributed by atoms with Gasteiger partial charge in [0.05, 0.1) is 18.1 Å². The molecule has 39 heavy (non-hydrogen) atoms. The number of aliphatic imine (C=N–C) groups is 1. The van der Waals surface area contributed by atoms with Gasteiger partial charge in [-0.1, -0.05) is 73.7 Å². The quantitative estimate of drug-likeness (QED) is 0.213. The maximum atomic E-state index is 13.6. The summed E-state index contributed by atoms with van der Waals surface area (Å²) in [5.41, 5.74) is 8.08. The molecule has 1 aliphatic rings. The van der Waals surface area contributed by atoms with Crippen LogP contribution in [-0.4, -0.2) is 65.5 Å². The third-order valence-corrected chi connectivity index (χ3v) is 8.04. The minimum atomic E-state index is -4.12. The molecule has 1 aromatic heterocycles. The molecule has 1 saturated heterocycles. The molecule has 0 aliphatic carbocycles. The van der Waals surface area contributed by atoms with E-state index in [1.165, 1.54) is 12.1 Å². The summed E-state index contributed by atoms with van der Waals surface area (Å²) < 4.78 is 33.3. The summed E-state index contributed by atoms with van der Waals surface area (Å²) in [6.07, 6.45) is 0. The third-order valence-electron chi connectivity index (χ3n) is 6.47. The second kappa shape index (κ2) is 11.2. The second-order valence-electron chi connectivity index (χ2n) is 9.04. The summed E-state index contributed by atoms with van der Waals surface area (Å²) in [5, 5.41) is 4.39. The molecule has 0 radical (unpaired) electrons. The number of nitrogens with zero attached hydrogens (tertiary/aromatic N) is 5. The Kier molecular flexibility index (Phi) is 7.53. The van der Waals surface area contributed by atoms with Crippen LogP contribution in [0.15, 0.2) is 94.8 Å². The molecule has 200 valence electrons. The predicted molar refractivity (Wildman–Crippen MR) is 147 cm³/mol. The minimum absolute atomic E-state index is 0.0472. The molecule has 1 atom stereocenters. The highest BCUT2D eigenvalue weighted by Crippen LogP contribution is 2.27. The average molecular weight is 545 g/mol. The zero-order valence-electron chi connectivity index (χ0n) is 21.3. The van der Waals surface area contributed by atoms with Gasteiger partial charge in [-0.25, -0.2) is 0 Å². The van der Waals surface area contributed by atoms with Crippen molar-refractivity contribution < 1.29 is 17.9 Å². The Balaban J connectivity index is 1.54. The first-order valence-electron chi connectivity index (χ1n) is 12.5. The van der Waals surface area contributed by atoms with Crippen molar-refractivity contribution in [2.24, 2.45) is 10.7 Å². The smallest absolute Gasteiger partial charge is 0.286 e. The number of carbonyl (C=O) groups excluding carboxylic acids is 1. The van der Waals surface area contributed by atoms with E-state index >= 15 is 0 Å². The Morgan fingerprint density at radius 1 is 0.949 bits per heavy atom. The summed E-state index contributed by atoms with van der Waals surface area (Å²) in [6.45, 7) is 3.89. The number of ketones is 1. The molecule has 0 bridgehead atoms. The Morgan fingerprint density at radius 2 is 1.59 bits per heavy atom. The SMILES string of the molecule is CC(c1cccc(C(=O)c2ccccc2)c1)c1nc(/N=C(\N)N2CCOCC2)n(S(=O)(=O)c2ccccc2)n1. The molecule has 0 amide bonds. The fourth-order valence-electron chi connectivity index (χ4n) is 4.23. The number of rotatable bonds is 7. The number of ether oxygens (including phenoxy) is 1. The number of nitrogens with two attached hydrogens (primary N) is 1. The van der Waals surface area contributed by atoms with Crippen molar-refractivity contribution in [2.75, 3.05) is 26.3 Å². The van der Waals surface area contributed by atoms with Crippen molar-refractivity contribution in [3.05, 3.63) is 107 Å². The first-order chi connectivity index (χ1) is 18.8. The van der Waals surface area contributed by atoms with Gasteiger partial charge in [0.1, 0.15) is 0 Å². The van der Waals surface area contributed by atoms with Gasteiger partial charge in [0, 0.05) is 30.1 Å². The van der Waals surface area contributed by atoms with E-state index in [2.05, 4.69) is 15.1 Å². The lowest BCUT2D eigenvalue weighted by molar-refractivity contribution is 0.0675. The molecule has 3 aromatic carbocycles. The van der Waals surface area contributed by atoms with Crippen LogP contribution in [0.25, 0.3) is 0 Å². The fraction of sp³-hybridized carbons (Fsp3) is 0.214. The van der Waals surface area contributed by atoms with E-state index in [0.717, 1.165) is 9.65 Å². The summed E-state index contributed by atoms with van der Waals surface area (Å²) in [4.78, 5) is 23.8. The first-order valence-corrected chi connectivity index (χ1v) is 13.9. The largest absolute Gasteiger partial charge is 0.378 e. The van der Waals surface area contributed by atoms with Crippen LogP contribution >= 0.6 is 0 Å². The summed E-state index contributed by atoms with van der Waals surface area (Å²) >= 11 is 0. The van der Waals surface area contributed by atoms with Gasteiger partial charge in [-0.2, -0.15) is 18.4 Å². The van der Waals surface area contributed by atoms with Crippen LogP contribution in [0.2, 0.25) is 0 Å². The number of hydrogen-bond acceptors (Lipinski definition) is 7. The van der Waals surface area contributed by atoms with E-state index in [1.807, 2.05) is 31.2 Å². The Bertz CT molecular complexity index is 1600. The van der Waals surface area contributed by atoms with Crippen molar-refractivity contribution in [3.8, 4) is 0 Å². The van der Waals surface area contributed by atoms with Crippen LogP contribution in [0.1, 0.15) is 40.2 Å². The van der Waals surface area contributed by atoms with Crippen molar-refractivity contribution in [1.82, 2.24) is 19.1 Å². The van der Waals surface area contributed by atoms with Crippen molar-refractivity contribution in [2.45, 2.75) is 17.7 Å². The fourth-order valence-corrected chi connectivity index (χ4v) is 5.42. The van der Waals surface area contributed by atoms with E-state index in [4.69, 9.17) is 10.5 Å². The van der Waals surface area contributed by atoms with Crippen molar-refractivity contribution in [1.29, 1.82) is 0 Å². The van der Waals surface area contributed by atoms with Crippen molar-refractivity contribution in [3.63, 3.8) is 0 Å². The zero-order valence-corrected chi connectivity index (χ0v) is 22.2. The molecular formula is C28H28N6O4S. The van der Waals surface area contributed by atoms with Gasteiger partial charge in [0.15, 0.2) is 17.6 Å². The van der Waals surface area contributed by atoms with E-state index in [9.17, 15) is 13.2 Å². The third kappa shape index (κ3) is 5.59. The number of carbonyl (C=O) groups is 1. The van der Waals surface area contributed by atoms with Gasteiger partial charge in [-0.3, -0.25) is 4.79 Å². The van der Waals surface area contributed by atoms with Gasteiger partial charge in [0.25, 0.3) is 16.0 Å². The molecule has 1 aliphatic heterocycles. The van der Waals surface area contributed by atoms with Crippen molar-refractivity contribution >= 4 is 27.7 Å². The summed E-state index contributed by atoms with van der Waals surface area (Å²) in [6, 6.07) is 24.1. The van der Waals surface area contributed by atoms with Gasteiger partial charge < -0.3 is 15.4 Å². The van der Waals surface area contributed by atoms with Crippen LogP contribution in [0.4, 0.5) is 5.95 Å². The summed E-state index contributed by atoms with van der Waals surface area (Å²) in [7, 11) is -4.12. The van der Waals surface area contributed by atoms with E-state index < -0.39 is 15.9 Å². The normalized spacial score (nSPS) is 15.2. The molecule has 2 N–H and O–H groups in total. The molecule has 11 heteroatoms. The van der Waals surface area contributed by atoms with Gasteiger partial charge in [0.2, 0.25) is 0 Å². The standard InChI is InChI=1S/C28H28N6O4S/c1-20(22-11-8-12-23(19-22)25(35)21-9-4-2-5-10-21)26-30-28(31-27(29)33-15-17-38-18-16-33)34(32-26)39(36,37)24-13-6-3-7-14-24/h2-14,19-20H,15-18H2,1H3,(H2,29,30,31,32). The molecule has 2 heterocycles. The Labute approximate surface area is 226 Å². The zero-order chi connectivity index (χ0) is 27.4. The maximum absolute atomic E-state index is 13.6. The highest BCUT2D eigenvalue weighted by atomic mass is 32.2. The lowest BCUT2D eigenvalue weighted by Gasteiger charge is -2.27. The van der Waals surface area contributed by atoms with E-state index in [-0.39, 0.29) is 28.4 Å². The molecule has 0 saturated carbocycles. The van der Waals surface area contributed by atoms with Crippen LogP contribution < -0.4 is 5.73 Å². The molecule has 5 rings (SSSR count). The number of hydrogen-bond donors (Lipinski definition) is 1. The molecular weight excluding hydrogens is 516 g/mol. The minimum Gasteiger partial charge on any atom is -0.378 e. The highest BCUT2D eigenvalue weighted by molar-refractivity contribution is 7.90. The molecule has 10 nitrogen and oxygen atoms in total. The maximum Gasteiger partial charge on any atom is 0.286 e. The number of benzene rings is 3. The lowest BCUT2D eigenvalue weighted by Crippen LogP contribution is -2.44. The molecule has 4 aromatic rings. The van der Waals surface area contributed by atoms with Gasteiger partial charge in [-0.05, 0) is 23.8 Å². The first kappa shape index (κ1) is 26.3. The van der Waals surface area contributed by atoms with Crippen LogP contribution in [-0.2, 0) is 14.8 Å². The number of morpholine rings is 1. The summed E-state index contributed by atoms with van der Waals surface area (Å²) in [5.74, 6) is -0.351. The van der Waals surface area contributed by atoms with Crippen LogP contribution in [0.5, 0.6) is 0 Å². The lowest BCUT2D eigenvalue weighted by atomic mass is 9.95. The Morgan fingerprint density at radius 3 is 2.28 bits per heavy atom. The molecule has 1 unspecified atom stereocenters. The monoisotopic (exact) mass is 544 g/mol. The topological polar surface area (TPSA) is 133 Å². The Hall–Kier alpha value is -4.35. The predicted octanol–water partition coefficient (Wildman–Crippen LogP) is 3.18. The second-order valence-corrected chi connectivity index (χ2v) is 10.8. The van der Waals surface area contributed by atoms with Crippen LogP contribution in [0, 0.1) is 0 Å². The number of guanidine groups is 1. The van der Waals surface area contributed by atoms with Gasteiger partial charge in [-0.15, -0.1) is 9.19 Å². The van der Waals surface area contributed by atoms with Crippen LogP contribution in [0.3, 0.4) is 0 Å². The van der Waals surface area contributed by atoms with Gasteiger partial charge >= 0.3 is 0 Å². The van der Waals surface area contributed by atoms with E-state index in [1.54, 1.807) is 53.4 Å². The average Bonchev–Trinajstić information content (AvgIpc) is 3.42. The number of aromatic nitrogens is 3.